The second-order valence-corrected chi connectivity index (χ2v) is 4.86. The Morgan fingerprint density at radius 1 is 1.26 bits per heavy atom. The third kappa shape index (κ3) is 2.87. The maximum Gasteiger partial charge on any atom is 0.142 e. The minimum atomic E-state index is 0.185. The molecule has 1 aromatic carbocycles. The van der Waals surface area contributed by atoms with E-state index in [1.807, 2.05) is 37.3 Å². The molecule has 23 heavy (non-hydrogen) atoms. The summed E-state index contributed by atoms with van der Waals surface area (Å²) in [6, 6.07) is 15.0. The molecule has 3 rings (SSSR count). The van der Waals surface area contributed by atoms with E-state index in [4.69, 9.17) is 14.9 Å². The SMILES string of the molecule is CCOc1ccc(-c2cc(-c3ccco3)c(C#N)c(N)n2)cc1. The first-order chi connectivity index (χ1) is 11.2. The third-order valence-electron chi connectivity index (χ3n) is 3.41. The predicted molar refractivity (Wildman–Crippen MR) is 87.7 cm³/mol. The van der Waals surface area contributed by atoms with E-state index in [9.17, 15) is 5.26 Å². The molecule has 5 heteroatoms. The lowest BCUT2D eigenvalue weighted by Crippen LogP contribution is -1.99. The maximum atomic E-state index is 9.33. The summed E-state index contributed by atoms with van der Waals surface area (Å²) >= 11 is 0. The van der Waals surface area contributed by atoms with Gasteiger partial charge in [-0.15, -0.1) is 0 Å². The maximum absolute atomic E-state index is 9.33. The van der Waals surface area contributed by atoms with E-state index in [1.165, 1.54) is 0 Å². The fraction of sp³-hybridized carbons (Fsp3) is 0.111. The van der Waals surface area contributed by atoms with Gasteiger partial charge in [0.25, 0.3) is 0 Å². The number of rotatable bonds is 4. The molecule has 0 bridgehead atoms. The van der Waals surface area contributed by atoms with Gasteiger partial charge in [0.1, 0.15) is 29.0 Å². The molecule has 2 aromatic heterocycles. The standard InChI is InChI=1S/C18H15N3O2/c1-2-22-13-7-5-12(6-8-13)16-10-14(17-4-3-9-23-17)15(11-19)18(20)21-16/h3-10H,2H2,1H3,(H2,20,21). The molecule has 0 spiro atoms. The molecule has 0 aliphatic rings. The van der Waals surface area contributed by atoms with Crippen LogP contribution in [-0.4, -0.2) is 11.6 Å². The quantitative estimate of drug-likeness (QED) is 0.791. The molecule has 0 unspecified atom stereocenters. The van der Waals surface area contributed by atoms with Gasteiger partial charge in [0.05, 0.1) is 18.6 Å². The van der Waals surface area contributed by atoms with Crippen LogP contribution in [0.2, 0.25) is 0 Å². The fourth-order valence-corrected chi connectivity index (χ4v) is 2.34. The van der Waals surface area contributed by atoms with Gasteiger partial charge in [-0.25, -0.2) is 4.98 Å². The fourth-order valence-electron chi connectivity index (χ4n) is 2.34. The lowest BCUT2D eigenvalue weighted by Gasteiger charge is -2.09. The molecule has 0 amide bonds. The highest BCUT2D eigenvalue weighted by Gasteiger charge is 2.15. The molecule has 114 valence electrons. The largest absolute Gasteiger partial charge is 0.494 e. The number of nitrogens with zero attached hydrogens (tertiary/aromatic N) is 2. The number of pyridine rings is 1. The van der Waals surface area contributed by atoms with Crippen LogP contribution in [0.1, 0.15) is 12.5 Å². The van der Waals surface area contributed by atoms with E-state index < -0.39 is 0 Å². The first-order valence-electron chi connectivity index (χ1n) is 7.20. The van der Waals surface area contributed by atoms with Gasteiger partial charge in [-0.05, 0) is 49.4 Å². The Kier molecular flexibility index (Phi) is 3.98. The van der Waals surface area contributed by atoms with Crippen LogP contribution in [0.4, 0.5) is 5.82 Å². The van der Waals surface area contributed by atoms with Crippen molar-refractivity contribution in [1.82, 2.24) is 4.98 Å². The minimum absolute atomic E-state index is 0.185. The zero-order valence-corrected chi connectivity index (χ0v) is 12.6. The lowest BCUT2D eigenvalue weighted by molar-refractivity contribution is 0.340. The molecule has 3 aromatic rings. The molecule has 0 aliphatic heterocycles. The Labute approximate surface area is 134 Å². The van der Waals surface area contributed by atoms with Crippen molar-refractivity contribution in [3.8, 4) is 34.4 Å². The first kappa shape index (κ1) is 14.7. The van der Waals surface area contributed by atoms with Crippen molar-refractivity contribution in [2.45, 2.75) is 6.92 Å². The van der Waals surface area contributed by atoms with Crippen molar-refractivity contribution in [1.29, 1.82) is 5.26 Å². The van der Waals surface area contributed by atoms with Crippen LogP contribution in [0.25, 0.3) is 22.6 Å². The summed E-state index contributed by atoms with van der Waals surface area (Å²) < 4.78 is 10.8. The number of benzene rings is 1. The van der Waals surface area contributed by atoms with Crippen LogP contribution in [-0.2, 0) is 0 Å². The number of nitrogens with two attached hydrogens (primary N) is 1. The number of ether oxygens (including phenoxy) is 1. The zero-order chi connectivity index (χ0) is 16.2. The third-order valence-corrected chi connectivity index (χ3v) is 3.41. The number of furan rings is 1. The number of hydrogen-bond acceptors (Lipinski definition) is 5. The molecule has 0 saturated carbocycles. The highest BCUT2D eigenvalue weighted by Crippen LogP contribution is 2.31. The second-order valence-electron chi connectivity index (χ2n) is 4.86. The summed E-state index contributed by atoms with van der Waals surface area (Å²) in [4.78, 5) is 4.33. The van der Waals surface area contributed by atoms with Crippen LogP contribution in [0.3, 0.4) is 0 Å². The Morgan fingerprint density at radius 3 is 2.65 bits per heavy atom. The number of aromatic nitrogens is 1. The molecule has 2 heterocycles. The molecule has 0 fully saturated rings. The van der Waals surface area contributed by atoms with Crippen LogP contribution in [0.15, 0.2) is 53.1 Å². The number of nitriles is 1. The van der Waals surface area contributed by atoms with Crippen molar-refractivity contribution in [2.24, 2.45) is 0 Å². The molecule has 0 aliphatic carbocycles. The number of nitrogen functional groups attached to an aromatic ring is 1. The van der Waals surface area contributed by atoms with Crippen LogP contribution in [0, 0.1) is 11.3 Å². The van der Waals surface area contributed by atoms with E-state index in [0.717, 1.165) is 11.3 Å². The topological polar surface area (TPSA) is 85.1 Å². The predicted octanol–water partition coefficient (Wildman–Crippen LogP) is 3.86. The van der Waals surface area contributed by atoms with Gasteiger partial charge in [0, 0.05) is 11.1 Å². The van der Waals surface area contributed by atoms with Gasteiger partial charge in [-0.3, -0.25) is 0 Å². The van der Waals surface area contributed by atoms with Crippen LogP contribution >= 0.6 is 0 Å². The molecular formula is C18H15N3O2. The van der Waals surface area contributed by atoms with E-state index >= 15 is 0 Å². The first-order valence-corrected chi connectivity index (χ1v) is 7.20. The summed E-state index contributed by atoms with van der Waals surface area (Å²) in [5.74, 6) is 1.57. The van der Waals surface area contributed by atoms with Crippen LogP contribution < -0.4 is 10.5 Å². The molecule has 0 radical (unpaired) electrons. The molecule has 0 atom stereocenters. The molecular weight excluding hydrogens is 290 g/mol. The second kappa shape index (κ2) is 6.24. The zero-order valence-electron chi connectivity index (χ0n) is 12.6. The normalized spacial score (nSPS) is 10.3. The summed E-state index contributed by atoms with van der Waals surface area (Å²) in [7, 11) is 0. The van der Waals surface area contributed by atoms with E-state index in [-0.39, 0.29) is 5.82 Å². The Bertz CT molecular complexity index is 847. The summed E-state index contributed by atoms with van der Waals surface area (Å²) in [6.45, 7) is 2.55. The smallest absolute Gasteiger partial charge is 0.142 e. The molecule has 5 nitrogen and oxygen atoms in total. The highest BCUT2D eigenvalue weighted by atomic mass is 16.5. The Morgan fingerprint density at radius 2 is 2.04 bits per heavy atom. The van der Waals surface area contributed by atoms with E-state index in [1.54, 1.807) is 18.4 Å². The lowest BCUT2D eigenvalue weighted by atomic mass is 10.0. The van der Waals surface area contributed by atoms with Gasteiger partial charge < -0.3 is 14.9 Å². The van der Waals surface area contributed by atoms with Crippen molar-refractivity contribution in [2.75, 3.05) is 12.3 Å². The van der Waals surface area contributed by atoms with Gasteiger partial charge in [0.15, 0.2) is 0 Å². The summed E-state index contributed by atoms with van der Waals surface area (Å²) in [6.07, 6.45) is 1.56. The van der Waals surface area contributed by atoms with Crippen molar-refractivity contribution in [3.05, 3.63) is 54.3 Å². The minimum Gasteiger partial charge on any atom is -0.494 e. The molecule has 2 N–H and O–H groups in total. The van der Waals surface area contributed by atoms with Gasteiger partial charge in [0.2, 0.25) is 0 Å². The number of anilines is 1. The van der Waals surface area contributed by atoms with Crippen molar-refractivity contribution in [3.63, 3.8) is 0 Å². The monoisotopic (exact) mass is 305 g/mol. The van der Waals surface area contributed by atoms with Crippen LogP contribution in [0.5, 0.6) is 5.75 Å². The Balaban J connectivity index is 2.09. The average molecular weight is 305 g/mol. The summed E-state index contributed by atoms with van der Waals surface area (Å²) in [5.41, 5.74) is 8.46. The van der Waals surface area contributed by atoms with E-state index in [0.29, 0.717) is 29.2 Å². The Hall–Kier alpha value is -3.26. The summed E-state index contributed by atoms with van der Waals surface area (Å²) in [5, 5.41) is 9.33. The highest BCUT2D eigenvalue weighted by molar-refractivity contribution is 5.77. The van der Waals surface area contributed by atoms with Crippen molar-refractivity contribution >= 4 is 5.82 Å². The van der Waals surface area contributed by atoms with Crippen molar-refractivity contribution < 1.29 is 9.15 Å². The van der Waals surface area contributed by atoms with Gasteiger partial charge >= 0.3 is 0 Å². The van der Waals surface area contributed by atoms with E-state index in [2.05, 4.69) is 11.1 Å². The number of hydrogen-bond donors (Lipinski definition) is 1. The average Bonchev–Trinajstić information content (AvgIpc) is 3.09. The van der Waals surface area contributed by atoms with Gasteiger partial charge in [-0.2, -0.15) is 5.26 Å². The van der Waals surface area contributed by atoms with Gasteiger partial charge in [-0.1, -0.05) is 0 Å². The molecule has 0 saturated heterocycles.